The summed E-state index contributed by atoms with van der Waals surface area (Å²) in [6.45, 7) is 12.5. The number of nitrogens with one attached hydrogen (secondary N) is 2. The van der Waals surface area contributed by atoms with Crippen LogP contribution in [0.4, 0.5) is 15.6 Å². The summed E-state index contributed by atoms with van der Waals surface area (Å²) in [5.74, 6) is 0. The van der Waals surface area contributed by atoms with E-state index in [4.69, 9.17) is 4.74 Å². The number of ether oxygens (including phenoxy) is 1. The van der Waals surface area contributed by atoms with Gasteiger partial charge in [-0.2, -0.15) is 0 Å². The predicted octanol–water partition coefficient (Wildman–Crippen LogP) is 3.60. The number of hydrogen-bond donors (Lipinski definition) is 2. The Kier molecular flexibility index (Phi) is 7.67. The number of anilines is 2. The fraction of sp³-hybridized carbons (Fsp3) is 0.545. The number of carbonyl (C=O) groups excluding carboxylic acids is 1. The van der Waals surface area contributed by atoms with Crippen LogP contribution in [0.15, 0.2) is 29.3 Å². The fourth-order valence-corrected chi connectivity index (χ4v) is 6.12. The SMILES string of the molecule is CC(C)OC(=O)Nc1ccc(-c2cnc(N3CCN(C)CC3)s2)c(S(=O)(=O)NC(C)(C)C)c1. The molecular formula is C22H33N5O4S2. The Balaban J connectivity index is 1.97. The molecule has 0 radical (unpaired) electrons. The number of aromatic nitrogens is 1. The number of nitrogens with zero attached hydrogens (tertiary/aromatic N) is 3. The first-order valence-electron chi connectivity index (χ1n) is 10.9. The fourth-order valence-electron chi connectivity index (χ4n) is 3.38. The summed E-state index contributed by atoms with van der Waals surface area (Å²) in [6, 6.07) is 4.83. The van der Waals surface area contributed by atoms with E-state index < -0.39 is 21.7 Å². The Hall–Kier alpha value is -2.21. The Morgan fingerprint density at radius 1 is 1.18 bits per heavy atom. The molecule has 3 rings (SSSR count). The minimum Gasteiger partial charge on any atom is -0.447 e. The van der Waals surface area contributed by atoms with Crippen LogP contribution in [-0.4, -0.2) is 69.3 Å². The zero-order valence-corrected chi connectivity index (χ0v) is 21.6. The number of hydrogen-bond acceptors (Lipinski definition) is 8. The maximum Gasteiger partial charge on any atom is 0.411 e. The van der Waals surface area contributed by atoms with Crippen LogP contribution in [0.2, 0.25) is 0 Å². The summed E-state index contributed by atoms with van der Waals surface area (Å²) in [7, 11) is -1.79. The molecule has 0 bridgehead atoms. The summed E-state index contributed by atoms with van der Waals surface area (Å²) >= 11 is 1.46. The summed E-state index contributed by atoms with van der Waals surface area (Å²) < 4.78 is 34.5. The topological polar surface area (TPSA) is 104 Å². The van der Waals surface area contributed by atoms with E-state index >= 15 is 0 Å². The van der Waals surface area contributed by atoms with Gasteiger partial charge in [-0.05, 0) is 53.8 Å². The number of carbonyl (C=O) groups is 1. The zero-order chi connectivity index (χ0) is 24.4. The molecule has 1 aromatic carbocycles. The lowest BCUT2D eigenvalue weighted by atomic mass is 10.1. The number of rotatable bonds is 6. The van der Waals surface area contributed by atoms with Crippen molar-refractivity contribution in [3.63, 3.8) is 0 Å². The molecule has 1 saturated heterocycles. The van der Waals surface area contributed by atoms with Gasteiger partial charge in [0, 0.05) is 49.2 Å². The van der Waals surface area contributed by atoms with Crippen molar-refractivity contribution in [2.45, 2.75) is 51.2 Å². The van der Waals surface area contributed by atoms with E-state index in [0.717, 1.165) is 36.2 Å². The third kappa shape index (κ3) is 6.89. The molecular weight excluding hydrogens is 462 g/mol. The van der Waals surface area contributed by atoms with Crippen molar-refractivity contribution in [2.24, 2.45) is 0 Å². The van der Waals surface area contributed by atoms with E-state index in [1.54, 1.807) is 52.9 Å². The normalized spacial score (nSPS) is 15.7. The monoisotopic (exact) mass is 495 g/mol. The maximum atomic E-state index is 13.3. The van der Waals surface area contributed by atoms with Crippen LogP contribution in [0.5, 0.6) is 0 Å². The van der Waals surface area contributed by atoms with E-state index in [2.05, 4.69) is 31.9 Å². The number of piperazine rings is 1. The van der Waals surface area contributed by atoms with Crippen molar-refractivity contribution >= 4 is 38.3 Å². The molecule has 9 nitrogen and oxygen atoms in total. The summed E-state index contributed by atoms with van der Waals surface area (Å²) in [4.78, 5) is 21.9. The largest absolute Gasteiger partial charge is 0.447 e. The molecule has 0 saturated carbocycles. The van der Waals surface area contributed by atoms with E-state index in [0.29, 0.717) is 11.3 Å². The lowest BCUT2D eigenvalue weighted by Gasteiger charge is -2.32. The van der Waals surface area contributed by atoms with Crippen molar-refractivity contribution in [3.05, 3.63) is 24.4 Å². The maximum absolute atomic E-state index is 13.3. The van der Waals surface area contributed by atoms with Gasteiger partial charge >= 0.3 is 6.09 Å². The molecule has 0 spiro atoms. The number of benzene rings is 1. The van der Waals surface area contributed by atoms with Crippen molar-refractivity contribution in [3.8, 4) is 10.4 Å². The molecule has 182 valence electrons. The Morgan fingerprint density at radius 3 is 2.45 bits per heavy atom. The van der Waals surface area contributed by atoms with Crippen molar-refractivity contribution in [1.82, 2.24) is 14.6 Å². The highest BCUT2D eigenvalue weighted by Gasteiger charge is 2.27. The minimum atomic E-state index is -3.88. The molecule has 0 unspecified atom stereocenters. The van der Waals surface area contributed by atoms with Crippen LogP contribution in [0.1, 0.15) is 34.6 Å². The molecule has 0 aliphatic carbocycles. The number of thiazole rings is 1. The van der Waals surface area contributed by atoms with Gasteiger partial charge < -0.3 is 14.5 Å². The van der Waals surface area contributed by atoms with E-state index in [1.165, 1.54) is 17.4 Å². The van der Waals surface area contributed by atoms with Gasteiger partial charge in [0.05, 0.1) is 15.9 Å². The van der Waals surface area contributed by atoms with Crippen LogP contribution in [0, 0.1) is 0 Å². The summed E-state index contributed by atoms with van der Waals surface area (Å²) in [6.07, 6.45) is 0.782. The van der Waals surface area contributed by atoms with Crippen molar-refractivity contribution in [1.29, 1.82) is 0 Å². The number of sulfonamides is 1. The molecule has 2 N–H and O–H groups in total. The average molecular weight is 496 g/mol. The standard InChI is InChI=1S/C22H33N5O4S2/c1-15(2)31-21(28)24-16-7-8-17(19(13-16)33(29,30)25-22(3,4)5)18-14-23-20(32-18)27-11-9-26(6)10-12-27/h7-8,13-15,25H,9-12H2,1-6H3,(H,24,28). The van der Waals surface area contributed by atoms with Crippen LogP contribution in [-0.2, 0) is 14.8 Å². The summed E-state index contributed by atoms with van der Waals surface area (Å²) in [5, 5.41) is 3.48. The highest BCUT2D eigenvalue weighted by atomic mass is 32.2. The van der Waals surface area contributed by atoms with Gasteiger partial charge in [0.25, 0.3) is 0 Å². The Labute approximate surface area is 200 Å². The molecule has 1 aliphatic heterocycles. The van der Waals surface area contributed by atoms with Crippen LogP contribution >= 0.6 is 11.3 Å². The molecule has 1 amide bonds. The molecule has 11 heteroatoms. The third-order valence-corrected chi connectivity index (χ3v) is 7.72. The molecule has 2 heterocycles. The first kappa shape index (κ1) is 25.4. The van der Waals surface area contributed by atoms with Gasteiger partial charge in [-0.25, -0.2) is 22.9 Å². The number of likely N-dealkylation sites (N-methyl/N-ethyl adjacent to an activating group) is 1. The molecule has 1 aliphatic rings. The molecule has 1 aromatic heterocycles. The molecule has 2 aromatic rings. The Bertz CT molecular complexity index is 1080. The van der Waals surface area contributed by atoms with Crippen LogP contribution < -0.4 is 14.9 Å². The quantitative estimate of drug-likeness (QED) is 0.631. The minimum absolute atomic E-state index is 0.0772. The second kappa shape index (κ2) is 9.96. The smallest absolute Gasteiger partial charge is 0.411 e. The first-order valence-corrected chi connectivity index (χ1v) is 13.2. The molecule has 33 heavy (non-hydrogen) atoms. The van der Waals surface area contributed by atoms with Crippen molar-refractivity contribution in [2.75, 3.05) is 43.4 Å². The van der Waals surface area contributed by atoms with Gasteiger partial charge in [-0.1, -0.05) is 17.4 Å². The lowest BCUT2D eigenvalue weighted by molar-refractivity contribution is 0.130. The lowest BCUT2D eigenvalue weighted by Crippen LogP contribution is -2.44. The van der Waals surface area contributed by atoms with Gasteiger partial charge in [-0.15, -0.1) is 0 Å². The predicted molar refractivity (Wildman–Crippen MR) is 133 cm³/mol. The molecule has 0 atom stereocenters. The van der Waals surface area contributed by atoms with Gasteiger partial charge in [0.1, 0.15) is 0 Å². The van der Waals surface area contributed by atoms with E-state index in [-0.39, 0.29) is 11.0 Å². The van der Waals surface area contributed by atoms with Crippen molar-refractivity contribution < 1.29 is 17.9 Å². The van der Waals surface area contributed by atoms with Crippen LogP contribution in [0.25, 0.3) is 10.4 Å². The van der Waals surface area contributed by atoms with Gasteiger partial charge in [0.2, 0.25) is 10.0 Å². The van der Waals surface area contributed by atoms with E-state index in [1.807, 2.05) is 0 Å². The number of amides is 1. The highest BCUT2D eigenvalue weighted by Crippen LogP contribution is 2.37. The average Bonchev–Trinajstić information content (AvgIpc) is 3.16. The summed E-state index contributed by atoms with van der Waals surface area (Å²) in [5.41, 5.74) is 0.198. The second-order valence-corrected chi connectivity index (χ2v) is 12.1. The zero-order valence-electron chi connectivity index (χ0n) is 20.0. The Morgan fingerprint density at radius 2 is 1.85 bits per heavy atom. The van der Waals surface area contributed by atoms with Crippen LogP contribution in [0.3, 0.4) is 0 Å². The second-order valence-electron chi connectivity index (χ2n) is 9.44. The van der Waals surface area contributed by atoms with E-state index in [9.17, 15) is 13.2 Å². The third-order valence-electron chi connectivity index (χ3n) is 4.83. The molecule has 1 fully saturated rings. The highest BCUT2D eigenvalue weighted by molar-refractivity contribution is 7.89. The van der Waals surface area contributed by atoms with Gasteiger partial charge in [0.15, 0.2) is 5.13 Å². The van der Waals surface area contributed by atoms with Gasteiger partial charge in [-0.3, -0.25) is 5.32 Å². The first-order chi connectivity index (χ1) is 15.3.